The fourth-order valence-electron chi connectivity index (χ4n) is 5.05. The van der Waals surface area contributed by atoms with Gasteiger partial charge in [-0.3, -0.25) is 4.79 Å². The number of aromatic nitrogens is 3. The molecule has 9 nitrogen and oxygen atoms in total. The average molecular weight is 596 g/mol. The third kappa shape index (κ3) is 6.46. The van der Waals surface area contributed by atoms with Gasteiger partial charge in [0.1, 0.15) is 11.6 Å². The average Bonchev–Trinajstić information content (AvgIpc) is 3.38. The van der Waals surface area contributed by atoms with Gasteiger partial charge in [-0.05, 0) is 63.7 Å². The van der Waals surface area contributed by atoms with Crippen molar-refractivity contribution in [3.8, 4) is 11.3 Å². The number of carbonyl (C=O) groups excluding carboxylic acids is 1. The molecule has 14 heteroatoms. The molecule has 0 saturated carbocycles. The molecule has 2 aliphatic heterocycles. The van der Waals surface area contributed by atoms with E-state index < -0.39 is 34.5 Å². The molecule has 3 aromatic rings. The summed E-state index contributed by atoms with van der Waals surface area (Å²) in [4.78, 5) is 39.6. The zero-order valence-corrected chi connectivity index (χ0v) is 23.4. The fourth-order valence-corrected chi connectivity index (χ4v) is 5.33. The maximum atomic E-state index is 15.8. The molecule has 1 aromatic carbocycles. The lowest BCUT2D eigenvalue weighted by atomic mass is 9.99. The number of amides is 1. The molecule has 0 bridgehead atoms. The van der Waals surface area contributed by atoms with Crippen LogP contribution >= 0.6 is 11.6 Å². The van der Waals surface area contributed by atoms with Crippen molar-refractivity contribution in [3.05, 3.63) is 57.2 Å². The van der Waals surface area contributed by atoms with Crippen molar-refractivity contribution < 1.29 is 22.4 Å². The third-order valence-electron chi connectivity index (χ3n) is 7.05. The predicted molar refractivity (Wildman–Crippen MR) is 150 cm³/mol. The quantitative estimate of drug-likeness (QED) is 0.344. The van der Waals surface area contributed by atoms with Crippen molar-refractivity contribution in [1.82, 2.24) is 24.8 Å². The normalized spacial score (nSPS) is 16.1. The third-order valence-corrected chi connectivity index (χ3v) is 7.35. The highest BCUT2D eigenvalue weighted by molar-refractivity contribution is 6.34. The van der Waals surface area contributed by atoms with E-state index >= 15 is 4.39 Å². The van der Waals surface area contributed by atoms with Crippen LogP contribution in [-0.2, 0) is 11.0 Å². The van der Waals surface area contributed by atoms with E-state index in [0.717, 1.165) is 6.07 Å². The smallest absolute Gasteiger partial charge is 0.384 e. The number of aryl methyl sites for hydroxylation is 1. The second-order valence-electron chi connectivity index (χ2n) is 9.95. The molecule has 2 aromatic heterocycles. The Hall–Kier alpha value is -3.71. The number of carbonyl (C=O) groups is 1. The lowest BCUT2D eigenvalue weighted by molar-refractivity contribution is -0.137. The number of nitrogens with two attached hydrogens (primary N) is 1. The summed E-state index contributed by atoms with van der Waals surface area (Å²) < 4.78 is 57.3. The second-order valence-corrected chi connectivity index (χ2v) is 10.4. The van der Waals surface area contributed by atoms with Gasteiger partial charge >= 0.3 is 11.9 Å². The molecule has 4 heterocycles. The Bertz CT molecular complexity index is 1530. The number of pyridine rings is 1. The van der Waals surface area contributed by atoms with E-state index in [4.69, 9.17) is 17.3 Å². The van der Waals surface area contributed by atoms with Crippen LogP contribution in [0.4, 0.5) is 29.2 Å². The molecule has 1 amide bonds. The van der Waals surface area contributed by atoms with Crippen LogP contribution in [0.15, 0.2) is 29.6 Å². The highest BCUT2D eigenvalue weighted by Gasteiger charge is 2.38. The molecule has 41 heavy (non-hydrogen) atoms. The van der Waals surface area contributed by atoms with Gasteiger partial charge in [-0.1, -0.05) is 18.2 Å². The van der Waals surface area contributed by atoms with Gasteiger partial charge in [0.25, 0.3) is 0 Å². The van der Waals surface area contributed by atoms with Gasteiger partial charge in [0.2, 0.25) is 5.91 Å². The maximum Gasteiger partial charge on any atom is 0.418 e. The van der Waals surface area contributed by atoms with E-state index in [-0.39, 0.29) is 52.1 Å². The van der Waals surface area contributed by atoms with Crippen molar-refractivity contribution >= 4 is 40.0 Å². The first-order valence-electron chi connectivity index (χ1n) is 12.9. The van der Waals surface area contributed by atoms with Crippen LogP contribution in [-0.4, -0.2) is 77.0 Å². The van der Waals surface area contributed by atoms with Crippen LogP contribution in [0.5, 0.6) is 0 Å². The number of rotatable bonds is 3. The Morgan fingerprint density at radius 1 is 1.12 bits per heavy atom. The summed E-state index contributed by atoms with van der Waals surface area (Å²) in [5.74, 6) is -1.61. The number of nitrogens with one attached hydrogen (secondary N) is 1. The largest absolute Gasteiger partial charge is 0.418 e. The lowest BCUT2D eigenvalue weighted by Gasteiger charge is -2.35. The molecule has 2 fully saturated rings. The molecule has 0 spiro atoms. The first-order chi connectivity index (χ1) is 19.3. The number of anilines is 2. The Morgan fingerprint density at radius 2 is 1.76 bits per heavy atom. The summed E-state index contributed by atoms with van der Waals surface area (Å²) in [7, 11) is 2.17. The van der Waals surface area contributed by atoms with Crippen molar-refractivity contribution in [2.75, 3.05) is 56.9 Å². The number of benzene rings is 1. The maximum absolute atomic E-state index is 15.8. The summed E-state index contributed by atoms with van der Waals surface area (Å²) >= 11 is 6.31. The number of likely N-dealkylation sites (tertiary alicyclic amines) is 1. The van der Waals surface area contributed by atoms with Crippen LogP contribution in [0.3, 0.4) is 0 Å². The van der Waals surface area contributed by atoms with Gasteiger partial charge in [-0.2, -0.15) is 18.2 Å². The Labute approximate surface area is 238 Å². The first-order valence-corrected chi connectivity index (χ1v) is 13.3. The van der Waals surface area contributed by atoms with Gasteiger partial charge in [-0.15, -0.1) is 0 Å². The van der Waals surface area contributed by atoms with E-state index in [1.807, 2.05) is 0 Å². The van der Waals surface area contributed by atoms with Crippen LogP contribution in [0, 0.1) is 12.7 Å². The summed E-state index contributed by atoms with van der Waals surface area (Å²) in [6.45, 7) is 8.43. The van der Waals surface area contributed by atoms with E-state index in [1.54, 1.807) is 9.80 Å². The Morgan fingerprint density at radius 3 is 2.29 bits per heavy atom. The summed E-state index contributed by atoms with van der Waals surface area (Å²) in [6, 6.07) is 2.26. The summed E-state index contributed by atoms with van der Waals surface area (Å²) in [5.41, 5.74) is 1.50. The number of alkyl halides is 3. The number of halogens is 5. The zero-order chi connectivity index (χ0) is 30.1. The second kappa shape index (κ2) is 12.0. The van der Waals surface area contributed by atoms with E-state index in [9.17, 15) is 22.8 Å². The Kier molecular flexibility index (Phi) is 8.88. The number of nitrogens with zero attached hydrogens (tertiary/aromatic N) is 5. The van der Waals surface area contributed by atoms with Gasteiger partial charge < -0.3 is 25.4 Å². The standard InChI is InChI=1S/C22H19ClF4N6O2.C5H11N/c1-3-14(34)32-4-6-33(7-5-32)20-11-9-12(23)15(17(24)18(11)30-21(35)31-20)19-16(22(25,26)27)10(2)8-13(28)29-19;1-6-4-2-3-5-6/h3,8-9H,1,4-7H2,2H3,(H2,28,29)(H,30,31,35);2-5H2,1H3. The minimum atomic E-state index is -4.87. The molecular weight excluding hydrogens is 566 g/mol. The molecule has 5 rings (SSSR count). The van der Waals surface area contributed by atoms with Crippen molar-refractivity contribution in [3.63, 3.8) is 0 Å². The first kappa shape index (κ1) is 30.3. The van der Waals surface area contributed by atoms with Gasteiger partial charge in [0.05, 0.1) is 27.4 Å². The number of nitrogen functional groups attached to an aromatic ring is 1. The number of H-pyrrole nitrogens is 1. The van der Waals surface area contributed by atoms with Crippen LogP contribution in [0.1, 0.15) is 24.0 Å². The molecule has 2 aliphatic rings. The number of hydrogen-bond acceptors (Lipinski definition) is 7. The van der Waals surface area contributed by atoms with Crippen molar-refractivity contribution in [1.29, 1.82) is 0 Å². The minimum Gasteiger partial charge on any atom is -0.384 e. The molecule has 220 valence electrons. The van der Waals surface area contributed by atoms with Crippen LogP contribution < -0.4 is 16.3 Å². The SMILES string of the molecule is C=CC(=O)N1CCN(c2nc(=O)[nH]c3c(F)c(-c4nc(N)cc(C)c4C(F)(F)F)c(Cl)cc23)CC1.CN1CCCC1. The van der Waals surface area contributed by atoms with Gasteiger partial charge in [-0.25, -0.2) is 14.2 Å². The van der Waals surface area contributed by atoms with Gasteiger partial charge in [0.15, 0.2) is 5.82 Å². The Balaban J connectivity index is 0.000000572. The van der Waals surface area contributed by atoms with Crippen LogP contribution in [0.2, 0.25) is 5.02 Å². The molecule has 0 unspecified atom stereocenters. The van der Waals surface area contributed by atoms with Crippen molar-refractivity contribution in [2.24, 2.45) is 0 Å². The van der Waals surface area contributed by atoms with E-state index in [1.165, 1.54) is 45.0 Å². The van der Waals surface area contributed by atoms with Crippen molar-refractivity contribution in [2.45, 2.75) is 25.9 Å². The topological polar surface area (TPSA) is 111 Å². The van der Waals surface area contributed by atoms with Crippen LogP contribution in [0.25, 0.3) is 22.2 Å². The number of aromatic amines is 1. The molecular formula is C27H30ClF4N7O2. The fraction of sp³-hybridized carbons (Fsp3) is 0.407. The van der Waals surface area contributed by atoms with E-state index in [0.29, 0.717) is 13.1 Å². The molecule has 0 aliphatic carbocycles. The number of piperazine rings is 1. The number of hydrogen-bond donors (Lipinski definition) is 2. The highest BCUT2D eigenvalue weighted by atomic mass is 35.5. The zero-order valence-electron chi connectivity index (χ0n) is 22.6. The van der Waals surface area contributed by atoms with Gasteiger partial charge in [0, 0.05) is 31.6 Å². The molecule has 2 saturated heterocycles. The predicted octanol–water partition coefficient (Wildman–Crippen LogP) is 4.23. The minimum absolute atomic E-state index is 0.0912. The highest BCUT2D eigenvalue weighted by Crippen LogP contribution is 2.44. The molecule has 0 radical (unpaired) electrons. The summed E-state index contributed by atoms with van der Waals surface area (Å²) in [5, 5.41) is -0.276. The summed E-state index contributed by atoms with van der Waals surface area (Å²) in [6.07, 6.45) is -0.855. The van der Waals surface area contributed by atoms with E-state index in [2.05, 4.69) is 33.5 Å². The molecule has 0 atom stereocenters. The lowest BCUT2D eigenvalue weighted by Crippen LogP contribution is -2.49. The monoisotopic (exact) mass is 595 g/mol. The number of fused-ring (bicyclic) bond motifs is 1. The molecule has 3 N–H and O–H groups in total.